The van der Waals surface area contributed by atoms with E-state index in [2.05, 4.69) is 15.9 Å². The standard InChI is InChI=1S/C11H11BrO/c12-10-5-3-9(4-6-10)11(7-13)8-1-2-8/h3-8,11H,1-2H2/t11-/m0/s1. The third kappa shape index (κ3) is 1.99. The molecule has 1 aromatic rings. The highest BCUT2D eigenvalue weighted by Crippen LogP contribution is 2.41. The van der Waals surface area contributed by atoms with Crippen LogP contribution in [-0.4, -0.2) is 6.29 Å². The van der Waals surface area contributed by atoms with E-state index in [1.807, 2.05) is 24.3 Å². The number of carbonyl (C=O) groups excluding carboxylic acids is 1. The molecule has 0 N–H and O–H groups in total. The lowest BCUT2D eigenvalue weighted by Gasteiger charge is -2.08. The summed E-state index contributed by atoms with van der Waals surface area (Å²) in [6.45, 7) is 0. The number of rotatable bonds is 3. The molecule has 1 nitrogen and oxygen atoms in total. The molecule has 2 rings (SSSR count). The fourth-order valence-electron chi connectivity index (χ4n) is 1.60. The zero-order valence-corrected chi connectivity index (χ0v) is 8.83. The number of hydrogen-bond donors (Lipinski definition) is 0. The fourth-order valence-corrected chi connectivity index (χ4v) is 1.87. The van der Waals surface area contributed by atoms with Gasteiger partial charge in [-0.25, -0.2) is 0 Å². The van der Waals surface area contributed by atoms with Gasteiger partial charge in [0.2, 0.25) is 0 Å². The van der Waals surface area contributed by atoms with Gasteiger partial charge in [0.1, 0.15) is 6.29 Å². The summed E-state index contributed by atoms with van der Waals surface area (Å²) in [4.78, 5) is 10.9. The molecule has 2 heteroatoms. The lowest BCUT2D eigenvalue weighted by molar-refractivity contribution is -0.109. The Labute approximate surface area is 86.3 Å². The summed E-state index contributed by atoms with van der Waals surface area (Å²) in [5.41, 5.74) is 1.15. The van der Waals surface area contributed by atoms with Gasteiger partial charge >= 0.3 is 0 Å². The van der Waals surface area contributed by atoms with Gasteiger partial charge in [-0.05, 0) is 36.5 Å². The van der Waals surface area contributed by atoms with Gasteiger partial charge in [0, 0.05) is 10.4 Å². The lowest BCUT2D eigenvalue weighted by atomic mass is 9.96. The van der Waals surface area contributed by atoms with Crippen molar-refractivity contribution in [2.75, 3.05) is 0 Å². The van der Waals surface area contributed by atoms with E-state index in [4.69, 9.17) is 0 Å². The Kier molecular flexibility index (Phi) is 2.49. The topological polar surface area (TPSA) is 17.1 Å². The molecule has 1 aromatic carbocycles. The van der Waals surface area contributed by atoms with Gasteiger partial charge in [0.15, 0.2) is 0 Å². The van der Waals surface area contributed by atoms with Crippen LogP contribution >= 0.6 is 15.9 Å². The first-order chi connectivity index (χ1) is 6.31. The van der Waals surface area contributed by atoms with Crippen molar-refractivity contribution in [1.29, 1.82) is 0 Å². The Morgan fingerprint density at radius 1 is 1.31 bits per heavy atom. The van der Waals surface area contributed by atoms with Crippen molar-refractivity contribution in [3.05, 3.63) is 34.3 Å². The average Bonchev–Trinajstić information content (AvgIpc) is 2.93. The van der Waals surface area contributed by atoms with Crippen LogP contribution in [0.5, 0.6) is 0 Å². The maximum Gasteiger partial charge on any atom is 0.127 e. The zero-order valence-electron chi connectivity index (χ0n) is 7.24. The summed E-state index contributed by atoms with van der Waals surface area (Å²) >= 11 is 3.38. The molecule has 1 saturated carbocycles. The molecule has 0 saturated heterocycles. The summed E-state index contributed by atoms with van der Waals surface area (Å²) in [6.07, 6.45) is 3.50. The maximum atomic E-state index is 10.9. The Morgan fingerprint density at radius 2 is 1.92 bits per heavy atom. The molecule has 1 aliphatic carbocycles. The molecule has 13 heavy (non-hydrogen) atoms. The van der Waals surface area contributed by atoms with Crippen molar-refractivity contribution in [2.24, 2.45) is 5.92 Å². The molecule has 0 radical (unpaired) electrons. The molecule has 0 bridgehead atoms. The summed E-state index contributed by atoms with van der Waals surface area (Å²) in [7, 11) is 0. The Hall–Kier alpha value is -0.630. The second-order valence-electron chi connectivity index (χ2n) is 3.55. The molecule has 0 amide bonds. The largest absolute Gasteiger partial charge is 0.303 e. The van der Waals surface area contributed by atoms with Gasteiger partial charge in [-0.3, -0.25) is 0 Å². The molecular formula is C11H11BrO. The molecule has 0 aliphatic heterocycles. The molecular weight excluding hydrogens is 228 g/mol. The third-order valence-corrected chi connectivity index (χ3v) is 3.06. The van der Waals surface area contributed by atoms with Gasteiger partial charge in [-0.1, -0.05) is 28.1 Å². The Morgan fingerprint density at radius 3 is 2.38 bits per heavy atom. The van der Waals surface area contributed by atoms with Gasteiger partial charge in [0.25, 0.3) is 0 Å². The summed E-state index contributed by atoms with van der Waals surface area (Å²) in [5.74, 6) is 0.742. The summed E-state index contributed by atoms with van der Waals surface area (Å²) in [5, 5.41) is 0. The molecule has 1 aliphatic rings. The predicted molar refractivity (Wildman–Crippen MR) is 55.7 cm³/mol. The number of halogens is 1. The van der Waals surface area contributed by atoms with Crippen LogP contribution in [0, 0.1) is 5.92 Å². The number of carbonyl (C=O) groups is 1. The Balaban J connectivity index is 2.21. The minimum absolute atomic E-state index is 0.132. The summed E-state index contributed by atoms with van der Waals surface area (Å²) in [6, 6.07) is 8.05. The van der Waals surface area contributed by atoms with Crippen LogP contribution in [0.1, 0.15) is 24.3 Å². The van der Waals surface area contributed by atoms with Gasteiger partial charge in [0.05, 0.1) is 0 Å². The highest BCUT2D eigenvalue weighted by atomic mass is 79.9. The van der Waals surface area contributed by atoms with E-state index in [1.54, 1.807) is 0 Å². The minimum atomic E-state index is 0.132. The van der Waals surface area contributed by atoms with E-state index in [9.17, 15) is 4.79 Å². The molecule has 1 atom stereocenters. The van der Waals surface area contributed by atoms with Crippen molar-refractivity contribution < 1.29 is 4.79 Å². The summed E-state index contributed by atoms with van der Waals surface area (Å²) < 4.78 is 1.07. The van der Waals surface area contributed by atoms with Gasteiger partial charge < -0.3 is 4.79 Å². The molecule has 1 fully saturated rings. The first-order valence-corrected chi connectivity index (χ1v) is 5.31. The lowest BCUT2D eigenvalue weighted by Crippen LogP contribution is -2.01. The fraction of sp³-hybridized carbons (Fsp3) is 0.364. The van der Waals surface area contributed by atoms with Crippen LogP contribution in [0.2, 0.25) is 0 Å². The van der Waals surface area contributed by atoms with Gasteiger partial charge in [-0.2, -0.15) is 0 Å². The minimum Gasteiger partial charge on any atom is -0.303 e. The van der Waals surface area contributed by atoms with Crippen molar-refractivity contribution in [3.8, 4) is 0 Å². The van der Waals surface area contributed by atoms with Crippen LogP contribution in [0.25, 0.3) is 0 Å². The first-order valence-electron chi connectivity index (χ1n) is 4.52. The smallest absolute Gasteiger partial charge is 0.127 e. The van der Waals surface area contributed by atoms with E-state index in [0.29, 0.717) is 5.92 Å². The number of benzene rings is 1. The molecule has 0 unspecified atom stereocenters. The maximum absolute atomic E-state index is 10.9. The van der Waals surface area contributed by atoms with E-state index in [0.717, 1.165) is 16.3 Å². The Bertz CT molecular complexity index is 300. The molecule has 0 aromatic heterocycles. The van der Waals surface area contributed by atoms with E-state index >= 15 is 0 Å². The van der Waals surface area contributed by atoms with Crippen molar-refractivity contribution in [1.82, 2.24) is 0 Å². The van der Waals surface area contributed by atoms with Crippen molar-refractivity contribution in [2.45, 2.75) is 18.8 Å². The van der Waals surface area contributed by atoms with Crippen LogP contribution in [-0.2, 0) is 4.79 Å². The van der Waals surface area contributed by atoms with Crippen LogP contribution in [0.3, 0.4) is 0 Å². The quantitative estimate of drug-likeness (QED) is 0.740. The highest BCUT2D eigenvalue weighted by molar-refractivity contribution is 9.10. The molecule has 0 spiro atoms. The van der Waals surface area contributed by atoms with E-state index < -0.39 is 0 Å². The number of aldehydes is 1. The van der Waals surface area contributed by atoms with Crippen molar-refractivity contribution >= 4 is 22.2 Å². The monoisotopic (exact) mass is 238 g/mol. The normalized spacial score (nSPS) is 18.2. The molecule has 68 valence electrons. The predicted octanol–water partition coefficient (Wildman–Crippen LogP) is 3.14. The highest BCUT2D eigenvalue weighted by Gasteiger charge is 2.31. The first kappa shape index (κ1) is 8.95. The van der Waals surface area contributed by atoms with Crippen LogP contribution in [0.4, 0.5) is 0 Å². The molecule has 0 heterocycles. The average molecular weight is 239 g/mol. The van der Waals surface area contributed by atoms with Crippen LogP contribution < -0.4 is 0 Å². The van der Waals surface area contributed by atoms with E-state index in [1.165, 1.54) is 12.8 Å². The third-order valence-electron chi connectivity index (χ3n) is 2.53. The van der Waals surface area contributed by atoms with E-state index in [-0.39, 0.29) is 5.92 Å². The second-order valence-corrected chi connectivity index (χ2v) is 4.47. The zero-order chi connectivity index (χ0) is 9.26. The number of hydrogen-bond acceptors (Lipinski definition) is 1. The SMILES string of the molecule is O=C[C@H](c1ccc(Br)cc1)C1CC1. The van der Waals surface area contributed by atoms with Crippen molar-refractivity contribution in [3.63, 3.8) is 0 Å². The second kappa shape index (κ2) is 3.62. The van der Waals surface area contributed by atoms with Crippen LogP contribution in [0.15, 0.2) is 28.7 Å². The van der Waals surface area contributed by atoms with Gasteiger partial charge in [-0.15, -0.1) is 0 Å².